The number of esters is 2. The lowest BCUT2D eigenvalue weighted by Gasteiger charge is -2.10. The zero-order valence-corrected chi connectivity index (χ0v) is 9.69. The lowest BCUT2D eigenvalue weighted by atomic mass is 10.1. The van der Waals surface area contributed by atoms with Crippen LogP contribution in [0.25, 0.3) is 0 Å². The summed E-state index contributed by atoms with van der Waals surface area (Å²) >= 11 is 11.7. The number of carbonyl (C=O) groups is 2. The first kappa shape index (κ1) is 11.0. The smallest absolute Gasteiger partial charge is 0.317 e. The van der Waals surface area contributed by atoms with Gasteiger partial charge in [0.15, 0.2) is 0 Å². The second kappa shape index (κ2) is 3.98. The normalized spacial score (nSPS) is 23.5. The maximum absolute atomic E-state index is 11.0. The average Bonchev–Trinajstić information content (AvgIpc) is 2.24. The standard InChI is InChI=1S/C7H10Cl2O3Si/c1-13(8,9)3-2-5-4-6(10)12-7(5)11/h5H,2-4H2,1H3. The van der Waals surface area contributed by atoms with Crippen molar-refractivity contribution in [3.05, 3.63) is 0 Å². The molecule has 1 rings (SSSR count). The maximum atomic E-state index is 11.0. The number of rotatable bonds is 3. The molecule has 0 aliphatic carbocycles. The molecule has 1 heterocycles. The number of hydrogen-bond donors (Lipinski definition) is 0. The molecule has 3 nitrogen and oxygen atoms in total. The van der Waals surface area contributed by atoms with Gasteiger partial charge in [0.25, 0.3) is 0 Å². The van der Waals surface area contributed by atoms with Crippen LogP contribution in [0.4, 0.5) is 0 Å². The second-order valence-electron chi connectivity index (χ2n) is 3.30. The number of hydrogen-bond acceptors (Lipinski definition) is 3. The van der Waals surface area contributed by atoms with Gasteiger partial charge in [-0.15, -0.1) is 22.2 Å². The summed E-state index contributed by atoms with van der Waals surface area (Å²) in [6.07, 6.45) is 0.734. The first-order valence-electron chi connectivity index (χ1n) is 4.01. The Bertz CT molecular complexity index is 236. The molecule has 1 fully saturated rings. The monoisotopic (exact) mass is 240 g/mol. The van der Waals surface area contributed by atoms with E-state index in [-0.39, 0.29) is 12.3 Å². The quantitative estimate of drug-likeness (QED) is 0.328. The molecule has 74 valence electrons. The van der Waals surface area contributed by atoms with Crippen LogP contribution in [0.1, 0.15) is 12.8 Å². The van der Waals surface area contributed by atoms with Gasteiger partial charge in [0, 0.05) is 0 Å². The Balaban J connectivity index is 2.38. The molecule has 0 aromatic heterocycles. The van der Waals surface area contributed by atoms with Crippen molar-refractivity contribution < 1.29 is 14.3 Å². The highest BCUT2D eigenvalue weighted by molar-refractivity contribution is 7.44. The minimum atomic E-state index is -2.15. The van der Waals surface area contributed by atoms with Crippen LogP contribution in [0, 0.1) is 5.92 Å². The highest BCUT2D eigenvalue weighted by Gasteiger charge is 2.35. The van der Waals surface area contributed by atoms with Gasteiger partial charge in [-0.3, -0.25) is 9.59 Å². The maximum Gasteiger partial charge on any atom is 0.317 e. The Morgan fingerprint density at radius 2 is 2.15 bits per heavy atom. The molecular formula is C7H10Cl2O3Si. The SMILES string of the molecule is C[Si](Cl)(Cl)CCC1CC(=O)OC1=O. The van der Waals surface area contributed by atoms with Gasteiger partial charge in [0.1, 0.15) is 0 Å². The molecule has 1 aliphatic rings. The zero-order valence-electron chi connectivity index (χ0n) is 7.18. The highest BCUT2D eigenvalue weighted by Crippen LogP contribution is 2.28. The summed E-state index contributed by atoms with van der Waals surface area (Å²) in [4.78, 5) is 21.7. The first-order valence-corrected chi connectivity index (χ1v) is 8.74. The topological polar surface area (TPSA) is 43.4 Å². The van der Waals surface area contributed by atoms with E-state index in [4.69, 9.17) is 22.2 Å². The molecule has 0 radical (unpaired) electrons. The minimum absolute atomic E-state index is 0.178. The minimum Gasteiger partial charge on any atom is -0.393 e. The highest BCUT2D eigenvalue weighted by atomic mass is 35.7. The van der Waals surface area contributed by atoms with E-state index >= 15 is 0 Å². The van der Waals surface area contributed by atoms with Crippen LogP contribution in [0.5, 0.6) is 0 Å². The molecule has 0 amide bonds. The third-order valence-electron chi connectivity index (χ3n) is 1.89. The van der Waals surface area contributed by atoms with E-state index in [0.29, 0.717) is 12.5 Å². The van der Waals surface area contributed by atoms with Gasteiger partial charge in [-0.05, 0) is 19.0 Å². The van der Waals surface area contributed by atoms with Gasteiger partial charge < -0.3 is 4.74 Å². The van der Waals surface area contributed by atoms with Gasteiger partial charge in [-0.1, -0.05) is 0 Å². The van der Waals surface area contributed by atoms with Crippen molar-refractivity contribution in [2.45, 2.75) is 25.4 Å². The van der Waals surface area contributed by atoms with Gasteiger partial charge in [-0.2, -0.15) is 0 Å². The van der Waals surface area contributed by atoms with Crippen LogP contribution < -0.4 is 0 Å². The summed E-state index contributed by atoms with van der Waals surface area (Å²) in [7, 11) is 0. The summed E-state index contributed by atoms with van der Waals surface area (Å²) in [5, 5.41) is 0. The number of halogens is 2. The predicted molar refractivity (Wildman–Crippen MR) is 52.0 cm³/mol. The van der Waals surface area contributed by atoms with Crippen LogP contribution >= 0.6 is 22.2 Å². The van der Waals surface area contributed by atoms with Crippen molar-refractivity contribution in [3.63, 3.8) is 0 Å². The summed E-state index contributed by atoms with van der Waals surface area (Å²) in [5.74, 6) is -1.20. The molecule has 0 aromatic carbocycles. The summed E-state index contributed by atoms with van der Waals surface area (Å²) in [6, 6.07) is 0.614. The van der Waals surface area contributed by atoms with Crippen molar-refractivity contribution >= 4 is 40.8 Å². The summed E-state index contributed by atoms with van der Waals surface area (Å²) in [6.45, 7) is -0.361. The van der Waals surface area contributed by atoms with Crippen LogP contribution in [-0.4, -0.2) is 18.6 Å². The Hall–Kier alpha value is -0.0631. The lowest BCUT2D eigenvalue weighted by molar-refractivity contribution is -0.153. The van der Waals surface area contributed by atoms with Crippen LogP contribution in [-0.2, 0) is 14.3 Å². The molecule has 0 saturated carbocycles. The Morgan fingerprint density at radius 3 is 2.54 bits per heavy atom. The summed E-state index contributed by atoms with van der Waals surface area (Å²) in [5.41, 5.74) is 0. The Kier molecular flexibility index (Phi) is 3.37. The molecule has 1 aliphatic heterocycles. The van der Waals surface area contributed by atoms with Gasteiger partial charge in [0.05, 0.1) is 12.3 Å². The number of carbonyl (C=O) groups excluding carboxylic acids is 2. The molecular weight excluding hydrogens is 231 g/mol. The molecule has 1 saturated heterocycles. The van der Waals surface area contributed by atoms with E-state index in [1.54, 1.807) is 6.55 Å². The zero-order chi connectivity index (χ0) is 10.1. The fourth-order valence-electron chi connectivity index (χ4n) is 1.17. The van der Waals surface area contributed by atoms with E-state index in [2.05, 4.69) is 4.74 Å². The van der Waals surface area contributed by atoms with Crippen LogP contribution in [0.3, 0.4) is 0 Å². The third-order valence-corrected chi connectivity index (χ3v) is 4.19. The van der Waals surface area contributed by atoms with Gasteiger partial charge >= 0.3 is 11.9 Å². The number of cyclic esters (lactones) is 2. The number of ether oxygens (including phenoxy) is 1. The lowest BCUT2D eigenvalue weighted by Crippen LogP contribution is -2.16. The average molecular weight is 241 g/mol. The van der Waals surface area contributed by atoms with Crippen molar-refractivity contribution in [2.24, 2.45) is 5.92 Å². The van der Waals surface area contributed by atoms with Crippen LogP contribution in [0.2, 0.25) is 12.6 Å². The van der Waals surface area contributed by atoms with Crippen molar-refractivity contribution in [2.75, 3.05) is 0 Å². The van der Waals surface area contributed by atoms with E-state index < -0.39 is 18.6 Å². The molecule has 1 atom stereocenters. The van der Waals surface area contributed by atoms with Crippen molar-refractivity contribution in [1.82, 2.24) is 0 Å². The van der Waals surface area contributed by atoms with Crippen LogP contribution in [0.15, 0.2) is 0 Å². The molecule has 0 aromatic rings. The van der Waals surface area contributed by atoms with E-state index in [9.17, 15) is 9.59 Å². The molecule has 0 spiro atoms. The van der Waals surface area contributed by atoms with Gasteiger partial charge in [0.2, 0.25) is 6.69 Å². The molecule has 1 unspecified atom stereocenters. The largest absolute Gasteiger partial charge is 0.393 e. The Morgan fingerprint density at radius 1 is 1.54 bits per heavy atom. The molecule has 13 heavy (non-hydrogen) atoms. The molecule has 0 bridgehead atoms. The molecule has 6 heteroatoms. The van der Waals surface area contributed by atoms with Gasteiger partial charge in [-0.25, -0.2) is 0 Å². The van der Waals surface area contributed by atoms with E-state index in [1.165, 1.54) is 0 Å². The summed E-state index contributed by atoms with van der Waals surface area (Å²) < 4.78 is 4.39. The third kappa shape index (κ3) is 3.66. The predicted octanol–water partition coefficient (Wildman–Crippen LogP) is 2.02. The second-order valence-corrected chi connectivity index (χ2v) is 11.5. The fourth-order valence-corrected chi connectivity index (χ4v) is 2.68. The first-order chi connectivity index (χ1) is 5.88. The van der Waals surface area contributed by atoms with E-state index in [0.717, 1.165) is 0 Å². The Labute approximate surface area is 86.8 Å². The van der Waals surface area contributed by atoms with E-state index in [1.807, 2.05) is 0 Å². The molecule has 0 N–H and O–H groups in total. The van der Waals surface area contributed by atoms with Crippen molar-refractivity contribution in [1.29, 1.82) is 0 Å². The fraction of sp³-hybridized carbons (Fsp3) is 0.714. The van der Waals surface area contributed by atoms with Crippen molar-refractivity contribution in [3.8, 4) is 0 Å².